The van der Waals surface area contributed by atoms with E-state index in [0.29, 0.717) is 17.1 Å². The number of amides is 1. The van der Waals surface area contributed by atoms with E-state index >= 15 is 0 Å². The number of nitrogens with one attached hydrogen (secondary N) is 2. The second-order valence-corrected chi connectivity index (χ2v) is 6.64. The topological polar surface area (TPSA) is 83.1 Å². The molecule has 0 aliphatic heterocycles. The van der Waals surface area contributed by atoms with Gasteiger partial charge in [0, 0.05) is 24.3 Å². The standard InChI is InChI=1S/C22H27N5O2/c1-4-6-15-27(5-2)17-13-11-16(12-14-17)21(28)24-22-23-20(25-26-22)18-9-7-8-10-19(18)29-3/h7-14H,4-6,15H2,1-3H3,(H2,23,24,25,26,28). The van der Waals surface area contributed by atoms with Gasteiger partial charge in [-0.15, -0.1) is 5.10 Å². The molecule has 2 aromatic carbocycles. The normalized spacial score (nSPS) is 10.6. The molecule has 0 saturated heterocycles. The molecule has 1 heterocycles. The Morgan fingerprint density at radius 3 is 2.59 bits per heavy atom. The summed E-state index contributed by atoms with van der Waals surface area (Å²) in [4.78, 5) is 19.2. The van der Waals surface area contributed by atoms with E-state index in [1.54, 1.807) is 7.11 Å². The maximum atomic E-state index is 12.6. The van der Waals surface area contributed by atoms with Crippen LogP contribution in [0.1, 0.15) is 37.0 Å². The first-order valence-electron chi connectivity index (χ1n) is 9.88. The number of rotatable bonds is 9. The highest BCUT2D eigenvalue weighted by Gasteiger charge is 2.14. The lowest BCUT2D eigenvalue weighted by Crippen LogP contribution is -2.23. The number of anilines is 2. The zero-order valence-corrected chi connectivity index (χ0v) is 17.1. The van der Waals surface area contributed by atoms with E-state index in [4.69, 9.17) is 4.74 Å². The minimum absolute atomic E-state index is 0.220. The summed E-state index contributed by atoms with van der Waals surface area (Å²) in [7, 11) is 1.60. The Kier molecular flexibility index (Phi) is 6.84. The average molecular weight is 393 g/mol. The molecule has 3 aromatic rings. The molecule has 0 fully saturated rings. The number of carbonyl (C=O) groups excluding carboxylic acids is 1. The Bertz CT molecular complexity index is 936. The molecule has 152 valence electrons. The van der Waals surface area contributed by atoms with Gasteiger partial charge in [-0.1, -0.05) is 25.5 Å². The number of nitrogens with zero attached hydrogens (tertiary/aromatic N) is 3. The van der Waals surface area contributed by atoms with Crippen molar-refractivity contribution in [3.63, 3.8) is 0 Å². The van der Waals surface area contributed by atoms with Gasteiger partial charge in [0.05, 0.1) is 12.7 Å². The van der Waals surface area contributed by atoms with Crippen LogP contribution >= 0.6 is 0 Å². The minimum atomic E-state index is -0.251. The summed E-state index contributed by atoms with van der Waals surface area (Å²) >= 11 is 0. The van der Waals surface area contributed by atoms with Crippen molar-refractivity contribution in [3.05, 3.63) is 54.1 Å². The minimum Gasteiger partial charge on any atom is -0.496 e. The lowest BCUT2D eigenvalue weighted by Gasteiger charge is -2.23. The first-order valence-corrected chi connectivity index (χ1v) is 9.88. The van der Waals surface area contributed by atoms with E-state index in [0.717, 1.165) is 37.2 Å². The Labute approximate surface area is 171 Å². The van der Waals surface area contributed by atoms with Crippen LogP contribution in [0.4, 0.5) is 11.6 Å². The number of hydrogen-bond acceptors (Lipinski definition) is 5. The Morgan fingerprint density at radius 2 is 1.90 bits per heavy atom. The molecule has 29 heavy (non-hydrogen) atoms. The van der Waals surface area contributed by atoms with Gasteiger partial charge in [0.2, 0.25) is 5.95 Å². The molecule has 0 unspecified atom stereocenters. The summed E-state index contributed by atoms with van der Waals surface area (Å²) in [6.07, 6.45) is 2.31. The third kappa shape index (κ3) is 4.93. The zero-order chi connectivity index (χ0) is 20.6. The van der Waals surface area contributed by atoms with Gasteiger partial charge in [-0.2, -0.15) is 4.98 Å². The molecule has 0 bridgehead atoms. The van der Waals surface area contributed by atoms with Crippen molar-refractivity contribution in [2.75, 3.05) is 30.4 Å². The SMILES string of the molecule is CCCCN(CC)c1ccc(C(=O)Nc2n[nH]c(-c3ccccc3OC)n2)cc1. The van der Waals surface area contributed by atoms with Crippen LogP contribution in [0.15, 0.2) is 48.5 Å². The summed E-state index contributed by atoms with van der Waals surface area (Å²) in [6, 6.07) is 15.1. The number of unbranched alkanes of at least 4 members (excludes halogenated alkanes) is 1. The lowest BCUT2D eigenvalue weighted by atomic mass is 10.1. The van der Waals surface area contributed by atoms with Gasteiger partial charge in [-0.25, -0.2) is 0 Å². The van der Waals surface area contributed by atoms with Gasteiger partial charge >= 0.3 is 0 Å². The van der Waals surface area contributed by atoms with E-state index in [9.17, 15) is 4.79 Å². The van der Waals surface area contributed by atoms with Gasteiger partial charge in [-0.05, 0) is 49.7 Å². The molecule has 0 spiro atoms. The van der Waals surface area contributed by atoms with Gasteiger partial charge in [0.25, 0.3) is 5.91 Å². The summed E-state index contributed by atoms with van der Waals surface area (Å²) in [5.74, 6) is 1.18. The molecule has 1 amide bonds. The summed E-state index contributed by atoms with van der Waals surface area (Å²) < 4.78 is 5.34. The monoisotopic (exact) mass is 393 g/mol. The fourth-order valence-electron chi connectivity index (χ4n) is 3.09. The first kappa shape index (κ1) is 20.4. The number of para-hydroxylation sites is 1. The third-order valence-electron chi connectivity index (χ3n) is 4.73. The van der Waals surface area contributed by atoms with Gasteiger partial charge in [-0.3, -0.25) is 15.2 Å². The van der Waals surface area contributed by atoms with Crippen molar-refractivity contribution in [1.82, 2.24) is 15.2 Å². The maximum absolute atomic E-state index is 12.6. The first-order chi connectivity index (χ1) is 14.2. The van der Waals surface area contributed by atoms with Gasteiger partial charge in [0.1, 0.15) is 5.75 Å². The quantitative estimate of drug-likeness (QED) is 0.564. The number of hydrogen-bond donors (Lipinski definition) is 2. The number of carbonyl (C=O) groups is 1. The molecule has 2 N–H and O–H groups in total. The molecular weight excluding hydrogens is 366 g/mol. The van der Waals surface area contributed by atoms with Crippen molar-refractivity contribution in [3.8, 4) is 17.1 Å². The molecule has 3 rings (SSSR count). The highest BCUT2D eigenvalue weighted by atomic mass is 16.5. The van der Waals surface area contributed by atoms with Crippen molar-refractivity contribution in [2.24, 2.45) is 0 Å². The van der Waals surface area contributed by atoms with Gasteiger partial charge < -0.3 is 9.64 Å². The van der Waals surface area contributed by atoms with E-state index in [-0.39, 0.29) is 11.9 Å². The van der Waals surface area contributed by atoms with Crippen LogP contribution in [0.3, 0.4) is 0 Å². The molecule has 1 aromatic heterocycles. The highest BCUT2D eigenvalue weighted by Crippen LogP contribution is 2.27. The van der Waals surface area contributed by atoms with Crippen LogP contribution in [0, 0.1) is 0 Å². The van der Waals surface area contributed by atoms with Crippen LogP contribution in [0.5, 0.6) is 5.75 Å². The van der Waals surface area contributed by atoms with Crippen molar-refractivity contribution < 1.29 is 9.53 Å². The second kappa shape index (κ2) is 9.73. The zero-order valence-electron chi connectivity index (χ0n) is 17.1. The average Bonchev–Trinajstić information content (AvgIpc) is 3.23. The van der Waals surface area contributed by atoms with Gasteiger partial charge in [0.15, 0.2) is 5.82 Å². The van der Waals surface area contributed by atoms with Crippen LogP contribution in [0.25, 0.3) is 11.4 Å². The number of benzene rings is 2. The number of aromatic nitrogens is 3. The number of methoxy groups -OCH3 is 1. The number of aromatic amines is 1. The highest BCUT2D eigenvalue weighted by molar-refractivity contribution is 6.03. The Hall–Kier alpha value is -3.35. The summed E-state index contributed by atoms with van der Waals surface area (Å²) in [5, 5.41) is 9.67. The summed E-state index contributed by atoms with van der Waals surface area (Å²) in [6.45, 7) is 6.28. The van der Waals surface area contributed by atoms with Crippen molar-refractivity contribution in [2.45, 2.75) is 26.7 Å². The van der Waals surface area contributed by atoms with E-state index < -0.39 is 0 Å². The predicted molar refractivity (Wildman–Crippen MR) is 116 cm³/mol. The number of ether oxygens (including phenoxy) is 1. The van der Waals surface area contributed by atoms with E-state index in [2.05, 4.69) is 39.2 Å². The Morgan fingerprint density at radius 1 is 1.14 bits per heavy atom. The lowest BCUT2D eigenvalue weighted by molar-refractivity contribution is 0.102. The summed E-state index contributed by atoms with van der Waals surface area (Å²) in [5.41, 5.74) is 2.46. The third-order valence-corrected chi connectivity index (χ3v) is 4.73. The van der Waals surface area contributed by atoms with Crippen molar-refractivity contribution >= 4 is 17.5 Å². The van der Waals surface area contributed by atoms with Crippen molar-refractivity contribution in [1.29, 1.82) is 0 Å². The Balaban J connectivity index is 1.68. The van der Waals surface area contributed by atoms with Crippen LogP contribution < -0.4 is 15.0 Å². The molecular formula is C22H27N5O2. The molecule has 0 atom stereocenters. The molecule has 0 aliphatic rings. The fourth-order valence-corrected chi connectivity index (χ4v) is 3.09. The van der Waals surface area contributed by atoms with Crippen LogP contribution in [0.2, 0.25) is 0 Å². The van der Waals surface area contributed by atoms with Crippen LogP contribution in [-0.2, 0) is 0 Å². The second-order valence-electron chi connectivity index (χ2n) is 6.64. The largest absolute Gasteiger partial charge is 0.496 e. The van der Waals surface area contributed by atoms with E-state index in [1.807, 2.05) is 48.5 Å². The maximum Gasteiger partial charge on any atom is 0.258 e. The molecule has 7 nitrogen and oxygen atoms in total. The molecule has 0 radical (unpaired) electrons. The van der Waals surface area contributed by atoms with Crippen LogP contribution in [-0.4, -0.2) is 41.3 Å². The number of H-pyrrole nitrogens is 1. The molecule has 0 saturated carbocycles. The smallest absolute Gasteiger partial charge is 0.258 e. The fraction of sp³-hybridized carbons (Fsp3) is 0.318. The van der Waals surface area contributed by atoms with E-state index in [1.165, 1.54) is 0 Å². The molecule has 7 heteroatoms. The predicted octanol–water partition coefficient (Wildman–Crippen LogP) is 4.36. The molecule has 0 aliphatic carbocycles.